The van der Waals surface area contributed by atoms with Crippen LogP contribution in [0.4, 0.5) is 5.82 Å². The van der Waals surface area contributed by atoms with Crippen molar-refractivity contribution in [3.05, 3.63) is 69.8 Å². The number of carbonyl (C=O) groups is 1. The zero-order chi connectivity index (χ0) is 26.1. The lowest BCUT2D eigenvalue weighted by Crippen LogP contribution is -2.42. The van der Waals surface area contributed by atoms with E-state index in [0.29, 0.717) is 5.82 Å². The second-order valence-corrected chi connectivity index (χ2v) is 12.7. The third-order valence-corrected chi connectivity index (χ3v) is 8.41. The number of anilines is 1. The first-order valence-electron chi connectivity index (χ1n) is 11.5. The summed E-state index contributed by atoms with van der Waals surface area (Å²) in [5.74, 6) is 0.0599. The molecule has 0 aliphatic carbocycles. The Bertz CT molecular complexity index is 1320. The minimum atomic E-state index is -3.87. The van der Waals surface area contributed by atoms with Gasteiger partial charge in [-0.2, -0.15) is 9.40 Å². The number of sulfonamides is 1. The zero-order valence-electron chi connectivity index (χ0n) is 21.3. The smallest absolute Gasteiger partial charge is 0.243 e. The summed E-state index contributed by atoms with van der Waals surface area (Å²) in [6, 6.07) is 13.8. The molecular formula is C26H33BrN4O3S. The highest BCUT2D eigenvalue weighted by Crippen LogP contribution is 2.28. The quantitative estimate of drug-likeness (QED) is 0.408. The molecule has 9 heteroatoms. The number of hydrogen-bond donors (Lipinski definition) is 1. The van der Waals surface area contributed by atoms with E-state index in [1.165, 1.54) is 16.4 Å². The Balaban J connectivity index is 1.95. The van der Waals surface area contributed by atoms with Crippen molar-refractivity contribution in [2.75, 3.05) is 11.9 Å². The second kappa shape index (κ2) is 10.2. The van der Waals surface area contributed by atoms with Crippen molar-refractivity contribution in [1.82, 2.24) is 14.1 Å². The van der Waals surface area contributed by atoms with Crippen LogP contribution in [0.15, 0.2) is 57.9 Å². The molecule has 0 atom stereocenters. The van der Waals surface area contributed by atoms with Crippen molar-refractivity contribution in [1.29, 1.82) is 0 Å². The molecule has 1 aromatic heterocycles. The van der Waals surface area contributed by atoms with Crippen LogP contribution in [0.1, 0.15) is 51.4 Å². The van der Waals surface area contributed by atoms with Gasteiger partial charge in [0.2, 0.25) is 15.9 Å². The van der Waals surface area contributed by atoms with E-state index in [-0.39, 0.29) is 16.9 Å². The fourth-order valence-electron chi connectivity index (χ4n) is 3.60. The third kappa shape index (κ3) is 6.02. The molecule has 0 fully saturated rings. The molecule has 35 heavy (non-hydrogen) atoms. The molecule has 1 amide bonds. The Morgan fingerprint density at radius 1 is 1.11 bits per heavy atom. The van der Waals surface area contributed by atoms with Gasteiger partial charge in [-0.1, -0.05) is 48.8 Å². The number of halogens is 1. The van der Waals surface area contributed by atoms with Crippen LogP contribution < -0.4 is 5.32 Å². The molecule has 0 radical (unpaired) electrons. The summed E-state index contributed by atoms with van der Waals surface area (Å²) in [7, 11) is -3.87. The molecule has 0 saturated carbocycles. The molecule has 0 saturated heterocycles. The summed E-state index contributed by atoms with van der Waals surface area (Å²) < 4.78 is 30.3. The van der Waals surface area contributed by atoms with Gasteiger partial charge in [0.1, 0.15) is 5.82 Å². The number of aromatic nitrogens is 2. The van der Waals surface area contributed by atoms with Gasteiger partial charge in [0.05, 0.1) is 22.8 Å². The Hall–Kier alpha value is -2.49. The first kappa shape index (κ1) is 27.1. The number of nitrogens with one attached hydrogen (secondary N) is 1. The molecule has 1 N–H and O–H groups in total. The van der Waals surface area contributed by atoms with Crippen LogP contribution in [-0.2, 0) is 20.2 Å². The van der Waals surface area contributed by atoms with Crippen molar-refractivity contribution in [2.24, 2.45) is 0 Å². The molecule has 0 aliphatic heterocycles. The summed E-state index contributed by atoms with van der Waals surface area (Å²) in [6.07, 6.45) is 0. The highest BCUT2D eigenvalue weighted by atomic mass is 79.9. The van der Waals surface area contributed by atoms with Gasteiger partial charge in [-0.15, -0.1) is 0 Å². The molecule has 0 unspecified atom stereocenters. The molecule has 1 heterocycles. The standard InChI is InChI=1S/C26H33BrN4O3S/c1-17(2)30(35(33,34)21-13-11-20(27)12-14-21)16-25(32)28-24-15-23(26(5,6)7)29-31(24)22-10-8-9-18(3)19(22)4/h8-15,17H,16H2,1-7H3,(H,28,32). The van der Waals surface area contributed by atoms with E-state index in [2.05, 4.69) is 42.0 Å². The van der Waals surface area contributed by atoms with Gasteiger partial charge in [-0.3, -0.25) is 4.79 Å². The molecule has 0 bridgehead atoms. The average Bonchev–Trinajstić information content (AvgIpc) is 3.18. The van der Waals surface area contributed by atoms with Crippen LogP contribution in [0.5, 0.6) is 0 Å². The van der Waals surface area contributed by atoms with E-state index in [4.69, 9.17) is 5.10 Å². The van der Waals surface area contributed by atoms with Crippen LogP contribution in [0.3, 0.4) is 0 Å². The number of amides is 1. The number of rotatable bonds is 7. The number of aryl methyl sites for hydroxylation is 1. The molecule has 0 spiro atoms. The minimum absolute atomic E-state index is 0.137. The Labute approximate surface area is 216 Å². The van der Waals surface area contributed by atoms with Crippen molar-refractivity contribution >= 4 is 37.7 Å². The van der Waals surface area contributed by atoms with E-state index in [0.717, 1.165) is 27.0 Å². The molecule has 188 valence electrons. The first-order chi connectivity index (χ1) is 16.2. The predicted molar refractivity (Wildman–Crippen MR) is 144 cm³/mol. The van der Waals surface area contributed by atoms with E-state index < -0.39 is 22.0 Å². The first-order valence-corrected chi connectivity index (χ1v) is 13.7. The summed E-state index contributed by atoms with van der Waals surface area (Å²) in [4.78, 5) is 13.3. The van der Waals surface area contributed by atoms with Gasteiger partial charge >= 0.3 is 0 Å². The van der Waals surface area contributed by atoms with E-state index >= 15 is 0 Å². The Morgan fingerprint density at radius 2 is 1.74 bits per heavy atom. The number of hydrogen-bond acceptors (Lipinski definition) is 4. The maximum Gasteiger partial charge on any atom is 0.243 e. The fourth-order valence-corrected chi connectivity index (χ4v) is 5.45. The molecule has 3 aromatic rings. The van der Waals surface area contributed by atoms with Gasteiger partial charge in [0.15, 0.2) is 0 Å². The highest BCUT2D eigenvalue weighted by Gasteiger charge is 2.30. The van der Waals surface area contributed by atoms with Crippen LogP contribution in [0, 0.1) is 13.8 Å². The summed E-state index contributed by atoms with van der Waals surface area (Å²) >= 11 is 3.33. The van der Waals surface area contributed by atoms with Crippen molar-refractivity contribution in [3.63, 3.8) is 0 Å². The maximum absolute atomic E-state index is 13.3. The molecule has 3 rings (SSSR count). The molecule has 7 nitrogen and oxygen atoms in total. The monoisotopic (exact) mass is 560 g/mol. The Morgan fingerprint density at radius 3 is 2.31 bits per heavy atom. The zero-order valence-corrected chi connectivity index (χ0v) is 23.7. The normalized spacial score (nSPS) is 12.4. The number of nitrogens with zero attached hydrogens (tertiary/aromatic N) is 3. The lowest BCUT2D eigenvalue weighted by Gasteiger charge is -2.25. The van der Waals surface area contributed by atoms with Gasteiger partial charge in [-0.25, -0.2) is 13.1 Å². The Kier molecular flexibility index (Phi) is 7.93. The number of carbonyl (C=O) groups excluding carboxylic acids is 1. The van der Waals surface area contributed by atoms with Crippen LogP contribution in [0.25, 0.3) is 5.69 Å². The van der Waals surface area contributed by atoms with E-state index in [1.807, 2.05) is 38.1 Å². The maximum atomic E-state index is 13.3. The van der Waals surface area contributed by atoms with Crippen LogP contribution >= 0.6 is 15.9 Å². The number of benzene rings is 2. The highest BCUT2D eigenvalue weighted by molar-refractivity contribution is 9.10. The van der Waals surface area contributed by atoms with E-state index in [1.54, 1.807) is 30.7 Å². The minimum Gasteiger partial charge on any atom is -0.309 e. The summed E-state index contributed by atoms with van der Waals surface area (Å²) in [5, 5.41) is 7.71. The van der Waals surface area contributed by atoms with Crippen molar-refractivity contribution < 1.29 is 13.2 Å². The van der Waals surface area contributed by atoms with Crippen LogP contribution in [-0.4, -0.2) is 41.0 Å². The van der Waals surface area contributed by atoms with Gasteiger partial charge < -0.3 is 5.32 Å². The molecular weight excluding hydrogens is 528 g/mol. The predicted octanol–water partition coefficient (Wildman–Crippen LogP) is 5.59. The third-order valence-electron chi connectivity index (χ3n) is 5.85. The van der Waals surface area contributed by atoms with E-state index in [9.17, 15) is 13.2 Å². The van der Waals surface area contributed by atoms with Gasteiger partial charge in [-0.05, 0) is 69.2 Å². The van der Waals surface area contributed by atoms with Gasteiger partial charge in [0.25, 0.3) is 0 Å². The fraction of sp³-hybridized carbons (Fsp3) is 0.385. The lowest BCUT2D eigenvalue weighted by molar-refractivity contribution is -0.116. The largest absolute Gasteiger partial charge is 0.309 e. The topological polar surface area (TPSA) is 84.3 Å². The summed E-state index contributed by atoms with van der Waals surface area (Å²) in [5.41, 5.74) is 3.60. The molecule has 2 aromatic carbocycles. The van der Waals surface area contributed by atoms with Crippen molar-refractivity contribution in [2.45, 2.75) is 64.8 Å². The average molecular weight is 562 g/mol. The van der Waals surface area contributed by atoms with Gasteiger partial charge in [0, 0.05) is 22.0 Å². The summed E-state index contributed by atoms with van der Waals surface area (Å²) in [6.45, 7) is 13.4. The second-order valence-electron chi connectivity index (χ2n) is 9.94. The SMILES string of the molecule is Cc1cccc(-n2nc(C(C)(C)C)cc2NC(=O)CN(C(C)C)S(=O)(=O)c2ccc(Br)cc2)c1C. The molecule has 0 aliphatic rings. The lowest BCUT2D eigenvalue weighted by atomic mass is 9.92. The van der Waals surface area contributed by atoms with Crippen molar-refractivity contribution in [3.8, 4) is 5.69 Å². The van der Waals surface area contributed by atoms with Crippen LogP contribution in [0.2, 0.25) is 0 Å².